The van der Waals surface area contributed by atoms with Gasteiger partial charge in [0.05, 0.1) is 6.67 Å². The summed E-state index contributed by atoms with van der Waals surface area (Å²) in [6.07, 6.45) is 4.16. The number of imidazole rings is 1. The van der Waals surface area contributed by atoms with Crippen LogP contribution in [0.15, 0.2) is 30.6 Å². The maximum absolute atomic E-state index is 11.9. The fourth-order valence-electron chi connectivity index (χ4n) is 1.37. The van der Waals surface area contributed by atoms with E-state index in [4.69, 9.17) is 0 Å². The third kappa shape index (κ3) is 1.69. The molecule has 1 N–H and O–H groups in total. The highest BCUT2D eigenvalue weighted by Gasteiger charge is 1.98. The van der Waals surface area contributed by atoms with Gasteiger partial charge >= 0.3 is 0 Å². The van der Waals surface area contributed by atoms with Crippen LogP contribution in [-0.2, 0) is 0 Å². The van der Waals surface area contributed by atoms with Crippen LogP contribution >= 0.6 is 0 Å². The number of halogens is 1. The summed E-state index contributed by atoms with van der Waals surface area (Å²) in [4.78, 5) is 4.16. The van der Waals surface area contributed by atoms with Gasteiger partial charge in [0.15, 0.2) is 0 Å². The van der Waals surface area contributed by atoms with E-state index in [2.05, 4.69) is 10.3 Å². The highest BCUT2D eigenvalue weighted by atomic mass is 19.1. The van der Waals surface area contributed by atoms with Gasteiger partial charge in [-0.05, 0) is 18.6 Å². The molecule has 3 nitrogen and oxygen atoms in total. The van der Waals surface area contributed by atoms with Gasteiger partial charge in [-0.2, -0.15) is 0 Å². The maximum Gasteiger partial charge on any atom is 0.138 e. The van der Waals surface area contributed by atoms with Crippen molar-refractivity contribution in [2.75, 3.05) is 18.5 Å². The average molecular weight is 193 g/mol. The average Bonchev–Trinajstić information content (AvgIpc) is 2.67. The van der Waals surface area contributed by atoms with Crippen LogP contribution in [0.4, 0.5) is 10.2 Å². The molecule has 2 heterocycles. The summed E-state index contributed by atoms with van der Waals surface area (Å²) in [6.45, 7) is 0.362. The summed E-state index contributed by atoms with van der Waals surface area (Å²) in [6, 6.07) is 5.81. The molecule has 0 fully saturated rings. The number of fused-ring (bicyclic) bond motifs is 1. The van der Waals surface area contributed by atoms with Crippen LogP contribution in [0.1, 0.15) is 6.42 Å². The number of anilines is 1. The molecule has 0 aromatic carbocycles. The molecule has 2 rings (SSSR count). The van der Waals surface area contributed by atoms with Gasteiger partial charge in [-0.15, -0.1) is 0 Å². The minimum Gasteiger partial charge on any atom is -0.371 e. The van der Waals surface area contributed by atoms with Crippen molar-refractivity contribution < 1.29 is 4.39 Å². The fraction of sp³-hybridized carbons (Fsp3) is 0.300. The molecule has 2 aromatic heterocycles. The van der Waals surface area contributed by atoms with Crippen LogP contribution in [0.25, 0.3) is 5.65 Å². The monoisotopic (exact) mass is 193 g/mol. The van der Waals surface area contributed by atoms with Crippen LogP contribution in [-0.4, -0.2) is 22.6 Å². The molecular weight excluding hydrogens is 181 g/mol. The van der Waals surface area contributed by atoms with Crippen LogP contribution in [0.2, 0.25) is 0 Å². The van der Waals surface area contributed by atoms with E-state index in [1.165, 1.54) is 0 Å². The van der Waals surface area contributed by atoms with E-state index >= 15 is 0 Å². The van der Waals surface area contributed by atoms with E-state index in [-0.39, 0.29) is 6.67 Å². The zero-order valence-electron chi connectivity index (χ0n) is 7.78. The maximum atomic E-state index is 11.9. The summed E-state index contributed by atoms with van der Waals surface area (Å²) in [5.41, 5.74) is 0.898. The zero-order valence-corrected chi connectivity index (χ0v) is 7.78. The van der Waals surface area contributed by atoms with E-state index in [9.17, 15) is 4.39 Å². The summed E-state index contributed by atoms with van der Waals surface area (Å²) >= 11 is 0. The molecule has 0 amide bonds. The van der Waals surface area contributed by atoms with Gasteiger partial charge in [0, 0.05) is 18.9 Å². The number of nitrogens with zero attached hydrogens (tertiary/aromatic N) is 2. The fourth-order valence-corrected chi connectivity index (χ4v) is 1.37. The summed E-state index contributed by atoms with van der Waals surface area (Å²) < 4.78 is 13.8. The van der Waals surface area contributed by atoms with Crippen molar-refractivity contribution >= 4 is 11.5 Å². The lowest BCUT2D eigenvalue weighted by molar-refractivity contribution is 0.481. The van der Waals surface area contributed by atoms with E-state index in [0.29, 0.717) is 13.0 Å². The molecule has 0 radical (unpaired) electrons. The molecular formula is C10H12FN3. The Labute approximate surface area is 81.6 Å². The number of hydrogen-bond donors (Lipinski definition) is 1. The Morgan fingerprint density at radius 3 is 3.21 bits per heavy atom. The van der Waals surface area contributed by atoms with Crippen LogP contribution < -0.4 is 5.32 Å². The van der Waals surface area contributed by atoms with Gasteiger partial charge in [-0.3, -0.25) is 8.79 Å². The first-order valence-electron chi connectivity index (χ1n) is 4.64. The SMILES string of the molecule is FCCCNc1cccc2nccn12. The Morgan fingerprint density at radius 2 is 2.36 bits per heavy atom. The highest BCUT2D eigenvalue weighted by molar-refractivity contribution is 5.49. The van der Waals surface area contributed by atoms with Gasteiger partial charge in [-0.25, -0.2) is 4.98 Å². The second kappa shape index (κ2) is 4.09. The van der Waals surface area contributed by atoms with Crippen molar-refractivity contribution in [2.45, 2.75) is 6.42 Å². The number of nitrogens with one attached hydrogen (secondary N) is 1. The lowest BCUT2D eigenvalue weighted by Crippen LogP contribution is -2.05. The minimum atomic E-state index is -0.285. The molecule has 0 aliphatic carbocycles. The van der Waals surface area contributed by atoms with E-state index in [1.54, 1.807) is 6.20 Å². The Bertz CT molecular complexity index is 410. The normalized spacial score (nSPS) is 10.6. The van der Waals surface area contributed by atoms with Crippen molar-refractivity contribution in [2.24, 2.45) is 0 Å². The van der Waals surface area contributed by atoms with Crippen molar-refractivity contribution in [1.82, 2.24) is 9.38 Å². The molecule has 0 saturated carbocycles. The first-order valence-corrected chi connectivity index (χ1v) is 4.64. The van der Waals surface area contributed by atoms with Crippen molar-refractivity contribution in [1.29, 1.82) is 0 Å². The Kier molecular flexibility index (Phi) is 2.62. The van der Waals surface area contributed by atoms with E-state index in [1.807, 2.05) is 28.8 Å². The number of rotatable bonds is 4. The Hall–Kier alpha value is -1.58. The molecule has 0 unspecified atom stereocenters. The standard InChI is InChI=1S/C10H12FN3/c11-5-2-6-12-9-3-1-4-10-13-7-8-14(9)10/h1,3-4,7-8,12H,2,5-6H2. The van der Waals surface area contributed by atoms with Gasteiger partial charge in [-0.1, -0.05) is 6.07 Å². The molecule has 4 heteroatoms. The lowest BCUT2D eigenvalue weighted by Gasteiger charge is -2.07. The molecule has 14 heavy (non-hydrogen) atoms. The smallest absolute Gasteiger partial charge is 0.138 e. The number of alkyl halides is 1. The Morgan fingerprint density at radius 1 is 1.43 bits per heavy atom. The molecule has 0 atom stereocenters. The van der Waals surface area contributed by atoms with Crippen LogP contribution in [0.5, 0.6) is 0 Å². The van der Waals surface area contributed by atoms with E-state index < -0.39 is 0 Å². The van der Waals surface area contributed by atoms with Gasteiger partial charge in [0.25, 0.3) is 0 Å². The lowest BCUT2D eigenvalue weighted by atomic mass is 10.4. The number of aromatic nitrogens is 2. The third-order valence-electron chi connectivity index (χ3n) is 2.04. The van der Waals surface area contributed by atoms with Gasteiger partial charge in [0.2, 0.25) is 0 Å². The summed E-state index contributed by atoms with van der Waals surface area (Å²) in [5.74, 6) is 0.952. The molecule has 0 bridgehead atoms. The molecule has 0 saturated heterocycles. The minimum absolute atomic E-state index is 0.285. The van der Waals surface area contributed by atoms with Crippen LogP contribution in [0.3, 0.4) is 0 Å². The molecule has 74 valence electrons. The third-order valence-corrected chi connectivity index (χ3v) is 2.04. The topological polar surface area (TPSA) is 29.3 Å². The largest absolute Gasteiger partial charge is 0.371 e. The van der Waals surface area contributed by atoms with Gasteiger partial charge in [0.1, 0.15) is 11.5 Å². The van der Waals surface area contributed by atoms with Crippen LogP contribution in [0, 0.1) is 0 Å². The van der Waals surface area contributed by atoms with Crippen molar-refractivity contribution in [3.8, 4) is 0 Å². The van der Waals surface area contributed by atoms with Crippen molar-refractivity contribution in [3.05, 3.63) is 30.6 Å². The summed E-state index contributed by atoms with van der Waals surface area (Å²) in [5, 5.41) is 3.16. The second-order valence-corrected chi connectivity index (χ2v) is 3.04. The quantitative estimate of drug-likeness (QED) is 0.753. The second-order valence-electron chi connectivity index (χ2n) is 3.04. The summed E-state index contributed by atoms with van der Waals surface area (Å²) in [7, 11) is 0. The van der Waals surface area contributed by atoms with E-state index in [0.717, 1.165) is 11.5 Å². The highest BCUT2D eigenvalue weighted by Crippen LogP contribution is 2.10. The Balaban J connectivity index is 2.19. The predicted molar refractivity (Wildman–Crippen MR) is 54.3 cm³/mol. The van der Waals surface area contributed by atoms with Crippen molar-refractivity contribution in [3.63, 3.8) is 0 Å². The van der Waals surface area contributed by atoms with Gasteiger partial charge < -0.3 is 5.32 Å². The molecule has 0 aliphatic heterocycles. The zero-order chi connectivity index (χ0) is 9.80. The molecule has 0 spiro atoms. The first kappa shape index (κ1) is 8.99. The number of hydrogen-bond acceptors (Lipinski definition) is 2. The predicted octanol–water partition coefficient (Wildman–Crippen LogP) is 2.11. The molecule has 2 aromatic rings. The first-order chi connectivity index (χ1) is 6.92. The molecule has 0 aliphatic rings. The number of pyridine rings is 1.